The van der Waals surface area contributed by atoms with Gasteiger partial charge in [0.1, 0.15) is 17.1 Å². The molecule has 1 N–H and O–H groups in total. The summed E-state index contributed by atoms with van der Waals surface area (Å²) in [6, 6.07) is 4.05. The van der Waals surface area contributed by atoms with Gasteiger partial charge >= 0.3 is 0 Å². The molecule has 0 radical (unpaired) electrons. The predicted octanol–water partition coefficient (Wildman–Crippen LogP) is 3.57. The fourth-order valence-electron chi connectivity index (χ4n) is 2.84. The highest BCUT2D eigenvalue weighted by atomic mass is 19.1. The van der Waals surface area contributed by atoms with E-state index in [0.29, 0.717) is 5.41 Å². The average molecular weight is 279 g/mol. The smallest absolute Gasteiger partial charge is 0.260 e. The molecule has 1 aromatic carbocycles. The molecule has 0 unspecified atom stereocenters. The van der Waals surface area contributed by atoms with E-state index >= 15 is 0 Å². The summed E-state index contributed by atoms with van der Waals surface area (Å²) in [5.41, 5.74) is 0.0976. The topological polar surface area (TPSA) is 40.5 Å². The second-order valence-electron chi connectivity index (χ2n) is 6.45. The van der Waals surface area contributed by atoms with Gasteiger partial charge in [-0.3, -0.25) is 4.79 Å². The molecule has 2 rings (SSSR count). The Morgan fingerprint density at radius 3 is 2.50 bits per heavy atom. The van der Waals surface area contributed by atoms with Crippen molar-refractivity contribution < 1.29 is 14.3 Å². The summed E-state index contributed by atoms with van der Waals surface area (Å²) in [5, 5.41) is 9.70. The van der Waals surface area contributed by atoms with Crippen LogP contribution >= 0.6 is 0 Å². The Bertz CT molecular complexity index is 483. The Morgan fingerprint density at radius 2 is 1.95 bits per heavy atom. The highest BCUT2D eigenvalue weighted by Gasteiger charge is 2.32. The van der Waals surface area contributed by atoms with Crippen molar-refractivity contribution >= 4 is 5.91 Å². The van der Waals surface area contributed by atoms with Crippen molar-refractivity contribution in [1.29, 1.82) is 0 Å². The lowest BCUT2D eigenvalue weighted by atomic mass is 9.75. The van der Waals surface area contributed by atoms with Crippen LogP contribution in [-0.4, -0.2) is 29.0 Å². The summed E-state index contributed by atoms with van der Waals surface area (Å²) < 4.78 is 13.7. The van der Waals surface area contributed by atoms with Crippen LogP contribution in [0.3, 0.4) is 0 Å². The molecule has 0 aromatic heterocycles. The Hall–Kier alpha value is -1.58. The Labute approximate surface area is 119 Å². The van der Waals surface area contributed by atoms with E-state index in [0.717, 1.165) is 25.7 Å². The molecule has 110 valence electrons. The number of carbonyl (C=O) groups is 1. The molecular formula is C16H22FNO2. The summed E-state index contributed by atoms with van der Waals surface area (Å²) in [6.45, 7) is 4.46. The van der Waals surface area contributed by atoms with Gasteiger partial charge in [0.05, 0.1) is 0 Å². The maximum absolute atomic E-state index is 13.7. The van der Waals surface area contributed by atoms with E-state index in [1.165, 1.54) is 18.2 Å². The van der Waals surface area contributed by atoms with E-state index in [-0.39, 0.29) is 17.4 Å². The van der Waals surface area contributed by atoms with E-state index in [1.54, 1.807) is 11.9 Å². The lowest BCUT2D eigenvalue weighted by molar-refractivity contribution is 0.0627. The molecule has 0 saturated heterocycles. The van der Waals surface area contributed by atoms with Crippen LogP contribution < -0.4 is 0 Å². The minimum absolute atomic E-state index is 0.120. The van der Waals surface area contributed by atoms with Crippen LogP contribution in [0.2, 0.25) is 0 Å². The largest absolute Gasteiger partial charge is 0.507 e. The highest BCUT2D eigenvalue weighted by molar-refractivity contribution is 5.97. The van der Waals surface area contributed by atoms with Gasteiger partial charge in [0.2, 0.25) is 0 Å². The fourth-order valence-corrected chi connectivity index (χ4v) is 2.84. The van der Waals surface area contributed by atoms with Crippen LogP contribution in [0.15, 0.2) is 18.2 Å². The van der Waals surface area contributed by atoms with E-state index < -0.39 is 11.7 Å². The van der Waals surface area contributed by atoms with Gasteiger partial charge in [-0.25, -0.2) is 4.39 Å². The number of phenolic OH excluding ortho intramolecular Hbond substituents is 1. The van der Waals surface area contributed by atoms with Crippen molar-refractivity contribution in [3.63, 3.8) is 0 Å². The molecule has 1 amide bonds. The van der Waals surface area contributed by atoms with Crippen molar-refractivity contribution in [2.45, 2.75) is 45.6 Å². The number of aromatic hydroxyl groups is 1. The van der Waals surface area contributed by atoms with Crippen molar-refractivity contribution in [2.24, 2.45) is 5.41 Å². The maximum Gasteiger partial charge on any atom is 0.260 e. The lowest BCUT2D eigenvalue weighted by Crippen LogP contribution is -2.41. The standard InChI is InChI=1S/C16H22FNO2/c1-16(2)9-7-11(8-10-16)18(3)15(20)14-12(17)5-4-6-13(14)19/h4-6,11,19H,7-10H2,1-3H3. The minimum Gasteiger partial charge on any atom is -0.507 e. The molecule has 1 aliphatic rings. The molecule has 0 bridgehead atoms. The maximum atomic E-state index is 13.7. The number of rotatable bonds is 2. The van der Waals surface area contributed by atoms with Gasteiger partial charge in [-0.2, -0.15) is 0 Å². The van der Waals surface area contributed by atoms with Gasteiger partial charge < -0.3 is 10.0 Å². The first kappa shape index (κ1) is 14.8. The summed E-state index contributed by atoms with van der Waals surface area (Å²) >= 11 is 0. The summed E-state index contributed by atoms with van der Waals surface area (Å²) in [4.78, 5) is 13.9. The molecule has 1 saturated carbocycles. The number of halogens is 1. The molecule has 4 heteroatoms. The third-order valence-corrected chi connectivity index (χ3v) is 4.38. The number of hydrogen-bond donors (Lipinski definition) is 1. The molecule has 20 heavy (non-hydrogen) atoms. The normalized spacial score (nSPS) is 18.8. The first-order valence-electron chi connectivity index (χ1n) is 7.06. The van der Waals surface area contributed by atoms with Crippen molar-refractivity contribution in [3.8, 4) is 5.75 Å². The number of hydrogen-bond acceptors (Lipinski definition) is 2. The third-order valence-electron chi connectivity index (χ3n) is 4.38. The van der Waals surface area contributed by atoms with E-state index in [1.807, 2.05) is 0 Å². The van der Waals surface area contributed by atoms with Gasteiger partial charge in [-0.1, -0.05) is 19.9 Å². The van der Waals surface area contributed by atoms with Crippen LogP contribution in [0.4, 0.5) is 4.39 Å². The SMILES string of the molecule is CN(C(=O)c1c(O)cccc1F)C1CCC(C)(C)CC1. The minimum atomic E-state index is -0.669. The number of phenols is 1. The number of carbonyl (C=O) groups excluding carboxylic acids is 1. The molecule has 1 aromatic rings. The van der Waals surface area contributed by atoms with Gasteiger partial charge in [-0.15, -0.1) is 0 Å². The van der Waals surface area contributed by atoms with E-state index in [4.69, 9.17) is 0 Å². The Morgan fingerprint density at radius 1 is 1.35 bits per heavy atom. The fraction of sp³-hybridized carbons (Fsp3) is 0.562. The summed E-state index contributed by atoms with van der Waals surface area (Å²) in [6.07, 6.45) is 3.95. The third kappa shape index (κ3) is 2.94. The van der Waals surface area contributed by atoms with Crippen molar-refractivity contribution in [2.75, 3.05) is 7.05 Å². The van der Waals surface area contributed by atoms with Crippen LogP contribution in [0.1, 0.15) is 49.9 Å². The molecule has 0 heterocycles. The number of benzene rings is 1. The van der Waals surface area contributed by atoms with Crippen LogP contribution in [-0.2, 0) is 0 Å². The summed E-state index contributed by atoms with van der Waals surface area (Å²) in [5.74, 6) is -1.40. The number of nitrogens with zero attached hydrogens (tertiary/aromatic N) is 1. The zero-order valence-corrected chi connectivity index (χ0v) is 12.3. The van der Waals surface area contributed by atoms with Gasteiger partial charge in [0, 0.05) is 13.1 Å². The average Bonchev–Trinajstić information content (AvgIpc) is 2.37. The van der Waals surface area contributed by atoms with Crippen molar-refractivity contribution in [3.05, 3.63) is 29.6 Å². The van der Waals surface area contributed by atoms with Gasteiger partial charge in [0.15, 0.2) is 0 Å². The second kappa shape index (κ2) is 5.43. The first-order chi connectivity index (χ1) is 9.32. The number of amides is 1. The van der Waals surface area contributed by atoms with E-state index in [9.17, 15) is 14.3 Å². The van der Waals surface area contributed by atoms with E-state index in [2.05, 4.69) is 13.8 Å². The monoisotopic (exact) mass is 279 g/mol. The second-order valence-corrected chi connectivity index (χ2v) is 6.45. The molecule has 1 aliphatic carbocycles. The lowest BCUT2D eigenvalue weighted by Gasteiger charge is -2.38. The molecule has 0 aliphatic heterocycles. The molecule has 0 spiro atoms. The Kier molecular flexibility index (Phi) is 4.02. The van der Waals surface area contributed by atoms with Gasteiger partial charge in [0.25, 0.3) is 5.91 Å². The Balaban J connectivity index is 2.14. The van der Waals surface area contributed by atoms with Crippen molar-refractivity contribution in [1.82, 2.24) is 4.90 Å². The highest BCUT2D eigenvalue weighted by Crippen LogP contribution is 2.37. The molecular weight excluding hydrogens is 257 g/mol. The van der Waals surface area contributed by atoms with Crippen LogP contribution in [0.25, 0.3) is 0 Å². The first-order valence-corrected chi connectivity index (χ1v) is 7.06. The molecule has 1 fully saturated rings. The summed E-state index contributed by atoms with van der Waals surface area (Å²) in [7, 11) is 1.69. The molecule has 0 atom stereocenters. The molecule has 3 nitrogen and oxygen atoms in total. The quantitative estimate of drug-likeness (QED) is 0.899. The van der Waals surface area contributed by atoms with Crippen LogP contribution in [0.5, 0.6) is 5.75 Å². The predicted molar refractivity (Wildman–Crippen MR) is 76.2 cm³/mol. The zero-order valence-electron chi connectivity index (χ0n) is 12.3. The van der Waals surface area contributed by atoms with Crippen LogP contribution in [0, 0.1) is 11.2 Å². The zero-order chi connectivity index (χ0) is 14.9. The van der Waals surface area contributed by atoms with Gasteiger partial charge in [-0.05, 0) is 43.2 Å².